The second-order valence-corrected chi connectivity index (χ2v) is 4.25. The Kier molecular flexibility index (Phi) is 1.66. The van der Waals surface area contributed by atoms with Crippen LogP contribution in [0.15, 0.2) is 24.3 Å². The van der Waals surface area contributed by atoms with E-state index in [1.807, 2.05) is 0 Å². The van der Waals surface area contributed by atoms with E-state index in [-0.39, 0.29) is 0 Å². The summed E-state index contributed by atoms with van der Waals surface area (Å²) in [4.78, 5) is 0. The van der Waals surface area contributed by atoms with Crippen molar-refractivity contribution in [1.29, 1.82) is 0 Å². The van der Waals surface area contributed by atoms with Gasteiger partial charge >= 0.3 is 0 Å². The maximum Gasteiger partial charge on any atom is 0.0485 e. The largest absolute Gasteiger partial charge is 0.345 e. The Morgan fingerprint density at radius 1 is 1.21 bits per heavy atom. The fourth-order valence-corrected chi connectivity index (χ4v) is 2.53. The van der Waals surface area contributed by atoms with Crippen LogP contribution in [0.25, 0.3) is 10.9 Å². The van der Waals surface area contributed by atoms with Crippen molar-refractivity contribution >= 4 is 10.9 Å². The quantitative estimate of drug-likeness (QED) is 0.593. The SMILES string of the molecule is Cc1cccc2c1cc1n2CCCC1. The van der Waals surface area contributed by atoms with Crippen LogP contribution in [0, 0.1) is 6.92 Å². The smallest absolute Gasteiger partial charge is 0.0485 e. The maximum absolute atomic E-state index is 2.49. The third-order valence-electron chi connectivity index (χ3n) is 3.31. The Morgan fingerprint density at radius 2 is 2.14 bits per heavy atom. The van der Waals surface area contributed by atoms with Crippen LogP contribution in [-0.2, 0) is 13.0 Å². The molecular weight excluding hydrogens is 170 g/mol. The molecule has 0 amide bonds. The van der Waals surface area contributed by atoms with Gasteiger partial charge < -0.3 is 4.57 Å². The summed E-state index contributed by atoms with van der Waals surface area (Å²) in [5.41, 5.74) is 4.37. The number of aryl methyl sites for hydroxylation is 3. The molecule has 1 aromatic heterocycles. The van der Waals surface area contributed by atoms with Gasteiger partial charge in [-0.1, -0.05) is 12.1 Å². The van der Waals surface area contributed by atoms with Gasteiger partial charge in [-0.05, 0) is 43.9 Å². The Hall–Kier alpha value is -1.24. The van der Waals surface area contributed by atoms with Crippen LogP contribution >= 0.6 is 0 Å². The molecule has 14 heavy (non-hydrogen) atoms. The molecule has 0 fully saturated rings. The molecule has 0 N–H and O–H groups in total. The lowest BCUT2D eigenvalue weighted by Crippen LogP contribution is -2.08. The van der Waals surface area contributed by atoms with E-state index in [9.17, 15) is 0 Å². The third-order valence-corrected chi connectivity index (χ3v) is 3.31. The Morgan fingerprint density at radius 3 is 3.07 bits per heavy atom. The van der Waals surface area contributed by atoms with E-state index in [1.165, 1.54) is 48.0 Å². The fraction of sp³-hybridized carbons (Fsp3) is 0.385. The summed E-state index contributed by atoms with van der Waals surface area (Å²) in [5.74, 6) is 0. The number of aromatic nitrogens is 1. The average Bonchev–Trinajstić information content (AvgIpc) is 2.59. The van der Waals surface area contributed by atoms with Gasteiger partial charge in [0.2, 0.25) is 0 Å². The topological polar surface area (TPSA) is 4.93 Å². The minimum absolute atomic E-state index is 1.21. The number of benzene rings is 1. The molecule has 0 spiro atoms. The molecule has 0 radical (unpaired) electrons. The van der Waals surface area contributed by atoms with Crippen LogP contribution in [0.2, 0.25) is 0 Å². The first kappa shape index (κ1) is 8.10. The Bertz CT molecular complexity index is 479. The second-order valence-electron chi connectivity index (χ2n) is 4.25. The van der Waals surface area contributed by atoms with Gasteiger partial charge in [-0.25, -0.2) is 0 Å². The van der Waals surface area contributed by atoms with Crippen molar-refractivity contribution in [2.75, 3.05) is 0 Å². The minimum atomic E-state index is 1.21. The van der Waals surface area contributed by atoms with Gasteiger partial charge in [-0.2, -0.15) is 0 Å². The number of hydrogen-bond donors (Lipinski definition) is 0. The molecule has 1 aliphatic rings. The predicted octanol–water partition coefficient (Wildman–Crippen LogP) is 3.29. The van der Waals surface area contributed by atoms with Gasteiger partial charge in [0.15, 0.2) is 0 Å². The van der Waals surface area contributed by atoms with E-state index in [1.54, 1.807) is 0 Å². The number of hydrogen-bond acceptors (Lipinski definition) is 0. The maximum atomic E-state index is 2.49. The summed E-state index contributed by atoms with van der Waals surface area (Å²) < 4.78 is 2.49. The monoisotopic (exact) mass is 185 g/mol. The lowest BCUT2D eigenvalue weighted by Gasteiger charge is -2.15. The van der Waals surface area contributed by atoms with E-state index in [2.05, 4.69) is 35.8 Å². The van der Waals surface area contributed by atoms with Crippen LogP contribution in [-0.4, -0.2) is 4.57 Å². The summed E-state index contributed by atoms with van der Waals surface area (Å²) in [6, 6.07) is 8.99. The highest BCUT2D eigenvalue weighted by Gasteiger charge is 2.12. The molecule has 3 rings (SSSR count). The molecule has 2 heterocycles. The molecule has 1 aromatic carbocycles. The van der Waals surface area contributed by atoms with Gasteiger partial charge in [0.25, 0.3) is 0 Å². The third kappa shape index (κ3) is 1.02. The van der Waals surface area contributed by atoms with E-state index in [4.69, 9.17) is 0 Å². The summed E-state index contributed by atoms with van der Waals surface area (Å²) >= 11 is 0. The molecule has 0 saturated carbocycles. The highest BCUT2D eigenvalue weighted by atomic mass is 15.0. The molecule has 0 unspecified atom stereocenters. The van der Waals surface area contributed by atoms with Gasteiger partial charge in [-0.3, -0.25) is 0 Å². The number of rotatable bonds is 0. The normalized spacial score (nSPS) is 15.8. The lowest BCUT2D eigenvalue weighted by atomic mass is 10.1. The molecule has 72 valence electrons. The summed E-state index contributed by atoms with van der Waals surface area (Å²) in [7, 11) is 0. The fourth-order valence-electron chi connectivity index (χ4n) is 2.53. The standard InChI is InChI=1S/C13H15N/c1-10-5-4-7-13-12(10)9-11-6-2-3-8-14(11)13/h4-5,7,9H,2-3,6,8H2,1H3. The summed E-state index contributed by atoms with van der Waals surface area (Å²) in [5, 5.41) is 1.45. The van der Waals surface area contributed by atoms with Crippen molar-refractivity contribution in [2.24, 2.45) is 0 Å². The molecule has 1 nitrogen and oxygen atoms in total. The van der Waals surface area contributed by atoms with Crippen molar-refractivity contribution in [1.82, 2.24) is 4.57 Å². The molecule has 2 aromatic rings. The van der Waals surface area contributed by atoms with Crippen molar-refractivity contribution in [3.8, 4) is 0 Å². The van der Waals surface area contributed by atoms with E-state index in [0.717, 1.165) is 0 Å². The van der Waals surface area contributed by atoms with Crippen molar-refractivity contribution in [3.63, 3.8) is 0 Å². The van der Waals surface area contributed by atoms with Crippen LogP contribution in [0.5, 0.6) is 0 Å². The van der Waals surface area contributed by atoms with Crippen molar-refractivity contribution in [3.05, 3.63) is 35.5 Å². The zero-order valence-corrected chi connectivity index (χ0v) is 8.59. The molecule has 1 heteroatoms. The first-order chi connectivity index (χ1) is 6.86. The zero-order valence-electron chi connectivity index (χ0n) is 8.59. The summed E-state index contributed by atoms with van der Waals surface area (Å²) in [6.45, 7) is 3.41. The predicted molar refractivity (Wildman–Crippen MR) is 59.6 cm³/mol. The van der Waals surface area contributed by atoms with E-state index >= 15 is 0 Å². The van der Waals surface area contributed by atoms with Crippen molar-refractivity contribution in [2.45, 2.75) is 32.7 Å². The Balaban J connectivity index is 2.36. The van der Waals surface area contributed by atoms with Gasteiger partial charge in [0.05, 0.1) is 0 Å². The molecular formula is C13H15N. The van der Waals surface area contributed by atoms with Crippen LogP contribution < -0.4 is 0 Å². The van der Waals surface area contributed by atoms with Gasteiger partial charge in [0.1, 0.15) is 0 Å². The van der Waals surface area contributed by atoms with Gasteiger partial charge in [0, 0.05) is 23.1 Å². The molecule has 0 aliphatic carbocycles. The average molecular weight is 185 g/mol. The first-order valence-electron chi connectivity index (χ1n) is 5.44. The highest BCUT2D eigenvalue weighted by molar-refractivity contribution is 5.84. The highest BCUT2D eigenvalue weighted by Crippen LogP contribution is 2.27. The van der Waals surface area contributed by atoms with Crippen LogP contribution in [0.4, 0.5) is 0 Å². The molecule has 0 bridgehead atoms. The Labute approximate surface area is 84.4 Å². The van der Waals surface area contributed by atoms with E-state index < -0.39 is 0 Å². The zero-order chi connectivity index (χ0) is 9.54. The van der Waals surface area contributed by atoms with Crippen molar-refractivity contribution < 1.29 is 0 Å². The van der Waals surface area contributed by atoms with E-state index in [0.29, 0.717) is 0 Å². The second kappa shape index (κ2) is 2.88. The van der Waals surface area contributed by atoms with Crippen LogP contribution in [0.1, 0.15) is 24.1 Å². The van der Waals surface area contributed by atoms with Crippen LogP contribution in [0.3, 0.4) is 0 Å². The first-order valence-corrected chi connectivity index (χ1v) is 5.44. The number of nitrogens with zero attached hydrogens (tertiary/aromatic N) is 1. The van der Waals surface area contributed by atoms with Gasteiger partial charge in [-0.15, -0.1) is 0 Å². The minimum Gasteiger partial charge on any atom is -0.345 e. The molecule has 0 saturated heterocycles. The molecule has 0 atom stereocenters. The summed E-state index contributed by atoms with van der Waals surface area (Å²) in [6.07, 6.45) is 3.95. The number of fused-ring (bicyclic) bond motifs is 3. The lowest BCUT2D eigenvalue weighted by molar-refractivity contribution is 0.545. The molecule has 1 aliphatic heterocycles.